The molecule has 2 rings (SSSR count). The van der Waals surface area contributed by atoms with Gasteiger partial charge in [0.05, 0.1) is 24.1 Å². The Balaban J connectivity index is 2.16. The van der Waals surface area contributed by atoms with Crippen LogP contribution in [-0.4, -0.2) is 14.8 Å². The Bertz CT molecular complexity index is 624. The smallest absolute Gasteiger partial charge is 0.282 e. The number of hydrogen-bond donors (Lipinski definition) is 1. The van der Waals surface area contributed by atoms with Crippen LogP contribution in [0.4, 0.5) is 5.69 Å². The van der Waals surface area contributed by atoms with Gasteiger partial charge in [-0.05, 0) is 35.0 Å². The van der Waals surface area contributed by atoms with Crippen molar-refractivity contribution in [1.82, 2.24) is 14.8 Å². The zero-order valence-electron chi connectivity index (χ0n) is 10.1. The largest absolute Gasteiger partial charge is 0.377 e. The van der Waals surface area contributed by atoms with Crippen molar-refractivity contribution in [3.8, 4) is 0 Å². The highest BCUT2D eigenvalue weighted by molar-refractivity contribution is 9.10. The van der Waals surface area contributed by atoms with Gasteiger partial charge >= 0.3 is 0 Å². The molecule has 5 nitrogen and oxygen atoms in total. The molecule has 0 saturated carbocycles. The summed E-state index contributed by atoms with van der Waals surface area (Å²) in [6.45, 7) is 2.49. The summed E-state index contributed by atoms with van der Waals surface area (Å²) in [7, 11) is 1.61. The number of anilines is 1. The fourth-order valence-electron chi connectivity index (χ4n) is 1.52. The maximum atomic E-state index is 11.7. The number of pyridine rings is 1. The predicted octanol–water partition coefficient (Wildman–Crippen LogP) is 1.86. The van der Waals surface area contributed by atoms with E-state index in [0.717, 1.165) is 11.4 Å². The van der Waals surface area contributed by atoms with E-state index in [2.05, 4.69) is 31.3 Å². The number of nitrogens with zero attached hydrogens (tertiary/aromatic N) is 3. The minimum Gasteiger partial charge on any atom is -0.377 e. The fraction of sp³-hybridized carbons (Fsp3) is 0.250. The third-order valence-electron chi connectivity index (χ3n) is 2.48. The minimum absolute atomic E-state index is 0.169. The summed E-state index contributed by atoms with van der Waals surface area (Å²) >= 11 is 3.26. The van der Waals surface area contributed by atoms with Crippen LogP contribution >= 0.6 is 15.9 Å². The molecule has 0 bridgehead atoms. The Morgan fingerprint density at radius 2 is 2.22 bits per heavy atom. The summed E-state index contributed by atoms with van der Waals surface area (Å²) in [5, 5.41) is 7.10. The first kappa shape index (κ1) is 12.8. The molecule has 0 atom stereocenters. The van der Waals surface area contributed by atoms with Gasteiger partial charge in [0.2, 0.25) is 0 Å². The number of rotatable bonds is 3. The highest BCUT2D eigenvalue weighted by Crippen LogP contribution is 2.16. The SMILES string of the molecule is Cc1cccc(CNc2cnn(C)c(=O)c2Br)n1. The van der Waals surface area contributed by atoms with E-state index in [4.69, 9.17) is 0 Å². The van der Waals surface area contributed by atoms with E-state index in [1.165, 1.54) is 4.68 Å². The lowest BCUT2D eigenvalue weighted by Crippen LogP contribution is -2.21. The molecule has 2 aromatic rings. The molecule has 0 aliphatic heterocycles. The molecular weight excluding hydrogens is 296 g/mol. The van der Waals surface area contributed by atoms with Crippen LogP contribution in [0.1, 0.15) is 11.4 Å². The van der Waals surface area contributed by atoms with Crippen LogP contribution in [0.15, 0.2) is 33.7 Å². The second kappa shape index (κ2) is 5.30. The van der Waals surface area contributed by atoms with Crippen molar-refractivity contribution in [2.24, 2.45) is 7.05 Å². The van der Waals surface area contributed by atoms with Gasteiger partial charge in [0.1, 0.15) is 4.47 Å². The molecule has 0 fully saturated rings. The van der Waals surface area contributed by atoms with Crippen LogP contribution in [0.3, 0.4) is 0 Å². The molecule has 0 amide bonds. The highest BCUT2D eigenvalue weighted by atomic mass is 79.9. The van der Waals surface area contributed by atoms with Gasteiger partial charge in [-0.15, -0.1) is 0 Å². The monoisotopic (exact) mass is 308 g/mol. The molecule has 2 aromatic heterocycles. The van der Waals surface area contributed by atoms with Gasteiger partial charge < -0.3 is 5.32 Å². The quantitative estimate of drug-likeness (QED) is 0.940. The molecular formula is C12H13BrN4O. The molecule has 0 unspecified atom stereocenters. The van der Waals surface area contributed by atoms with Crippen LogP contribution in [0.25, 0.3) is 0 Å². The summed E-state index contributed by atoms with van der Waals surface area (Å²) in [5.41, 5.74) is 2.39. The third kappa shape index (κ3) is 2.76. The van der Waals surface area contributed by atoms with Crippen LogP contribution < -0.4 is 10.9 Å². The zero-order valence-corrected chi connectivity index (χ0v) is 11.7. The first-order chi connectivity index (χ1) is 8.58. The molecule has 1 N–H and O–H groups in total. The van der Waals surface area contributed by atoms with Gasteiger partial charge in [-0.1, -0.05) is 6.07 Å². The summed E-state index contributed by atoms with van der Waals surface area (Å²) in [5.74, 6) is 0. The van der Waals surface area contributed by atoms with E-state index in [0.29, 0.717) is 16.7 Å². The fourth-order valence-corrected chi connectivity index (χ4v) is 2.02. The van der Waals surface area contributed by atoms with E-state index >= 15 is 0 Å². The molecule has 0 aliphatic carbocycles. The van der Waals surface area contributed by atoms with Crippen molar-refractivity contribution in [2.75, 3.05) is 5.32 Å². The van der Waals surface area contributed by atoms with E-state index in [1.807, 2.05) is 25.1 Å². The lowest BCUT2D eigenvalue weighted by molar-refractivity contribution is 0.703. The lowest BCUT2D eigenvalue weighted by Gasteiger charge is -2.08. The first-order valence-electron chi connectivity index (χ1n) is 5.46. The second-order valence-corrected chi connectivity index (χ2v) is 4.72. The van der Waals surface area contributed by atoms with Crippen molar-refractivity contribution in [2.45, 2.75) is 13.5 Å². The van der Waals surface area contributed by atoms with Crippen LogP contribution in [0.5, 0.6) is 0 Å². The zero-order chi connectivity index (χ0) is 13.1. The number of hydrogen-bond acceptors (Lipinski definition) is 4. The Labute approximate surface area is 113 Å². The van der Waals surface area contributed by atoms with Gasteiger partial charge in [-0.25, -0.2) is 4.68 Å². The molecule has 0 radical (unpaired) electrons. The average Bonchev–Trinajstić information content (AvgIpc) is 2.35. The molecule has 18 heavy (non-hydrogen) atoms. The van der Waals surface area contributed by atoms with Crippen molar-refractivity contribution >= 4 is 21.6 Å². The molecule has 2 heterocycles. The summed E-state index contributed by atoms with van der Waals surface area (Å²) in [6.07, 6.45) is 1.61. The maximum absolute atomic E-state index is 11.7. The van der Waals surface area contributed by atoms with Crippen molar-refractivity contribution in [3.05, 3.63) is 50.6 Å². The number of aromatic nitrogens is 3. The summed E-state index contributed by atoms with van der Waals surface area (Å²) in [6, 6.07) is 5.83. The van der Waals surface area contributed by atoms with Crippen molar-refractivity contribution in [1.29, 1.82) is 0 Å². The lowest BCUT2D eigenvalue weighted by atomic mass is 10.3. The van der Waals surface area contributed by atoms with E-state index in [1.54, 1.807) is 13.2 Å². The Hall–Kier alpha value is -1.69. The first-order valence-corrected chi connectivity index (χ1v) is 6.25. The number of nitrogens with one attached hydrogen (secondary N) is 1. The molecule has 0 saturated heterocycles. The summed E-state index contributed by atoms with van der Waals surface area (Å²) < 4.78 is 1.76. The number of halogens is 1. The van der Waals surface area contributed by atoms with Gasteiger partial charge in [0.25, 0.3) is 5.56 Å². The van der Waals surface area contributed by atoms with E-state index in [9.17, 15) is 4.79 Å². The topological polar surface area (TPSA) is 59.8 Å². The van der Waals surface area contributed by atoms with Gasteiger partial charge in [-0.2, -0.15) is 5.10 Å². The molecule has 0 aliphatic rings. The third-order valence-corrected chi connectivity index (χ3v) is 3.25. The van der Waals surface area contributed by atoms with Gasteiger partial charge in [0, 0.05) is 12.7 Å². The van der Waals surface area contributed by atoms with E-state index in [-0.39, 0.29) is 5.56 Å². The van der Waals surface area contributed by atoms with Crippen molar-refractivity contribution < 1.29 is 0 Å². The van der Waals surface area contributed by atoms with Gasteiger partial charge in [-0.3, -0.25) is 9.78 Å². The van der Waals surface area contributed by atoms with Crippen LogP contribution in [-0.2, 0) is 13.6 Å². The maximum Gasteiger partial charge on any atom is 0.282 e. The normalized spacial score (nSPS) is 10.4. The standard InChI is InChI=1S/C12H13BrN4O/c1-8-4-3-5-9(16-8)6-14-10-7-15-17(2)12(18)11(10)13/h3-5,7,14H,6H2,1-2H3. The Morgan fingerprint density at radius 3 is 2.94 bits per heavy atom. The van der Waals surface area contributed by atoms with Crippen molar-refractivity contribution in [3.63, 3.8) is 0 Å². The Morgan fingerprint density at radius 1 is 1.44 bits per heavy atom. The van der Waals surface area contributed by atoms with Crippen LogP contribution in [0.2, 0.25) is 0 Å². The molecule has 94 valence electrons. The highest BCUT2D eigenvalue weighted by Gasteiger charge is 2.06. The van der Waals surface area contributed by atoms with Gasteiger partial charge in [0.15, 0.2) is 0 Å². The molecule has 0 spiro atoms. The molecule has 6 heteroatoms. The van der Waals surface area contributed by atoms with Crippen LogP contribution in [0, 0.1) is 6.92 Å². The number of aryl methyl sites for hydroxylation is 2. The molecule has 0 aromatic carbocycles. The Kier molecular flexibility index (Phi) is 3.76. The van der Waals surface area contributed by atoms with E-state index < -0.39 is 0 Å². The minimum atomic E-state index is -0.169. The summed E-state index contributed by atoms with van der Waals surface area (Å²) in [4.78, 5) is 16.0. The average molecular weight is 309 g/mol. The predicted molar refractivity (Wildman–Crippen MR) is 73.5 cm³/mol. The second-order valence-electron chi connectivity index (χ2n) is 3.92.